The van der Waals surface area contributed by atoms with Crippen LogP contribution >= 0.6 is 11.8 Å². The first-order chi connectivity index (χ1) is 15.7. The van der Waals surface area contributed by atoms with E-state index in [1.807, 2.05) is 6.07 Å². The van der Waals surface area contributed by atoms with Crippen molar-refractivity contribution in [1.82, 2.24) is 9.78 Å². The average molecular weight is 451 g/mol. The molecule has 6 heteroatoms. The highest BCUT2D eigenvalue weighted by molar-refractivity contribution is 7.98. The lowest BCUT2D eigenvalue weighted by molar-refractivity contribution is -0.142. The minimum atomic E-state index is -0.898. The van der Waals surface area contributed by atoms with Crippen LogP contribution in [0.1, 0.15) is 25.7 Å². The summed E-state index contributed by atoms with van der Waals surface area (Å²) in [5.74, 6) is 0.120. The third-order valence-electron chi connectivity index (χ3n) is 6.20. The van der Waals surface area contributed by atoms with Gasteiger partial charge in [0.2, 0.25) is 0 Å². The summed E-state index contributed by atoms with van der Waals surface area (Å²) in [6, 6.07) is 21.1. The number of thioether (sulfide) groups is 1. The molecule has 2 aromatic carbocycles. The number of carbonyl (C=O) groups is 1. The molecule has 1 aliphatic rings. The van der Waals surface area contributed by atoms with Gasteiger partial charge in [0, 0.05) is 17.7 Å². The van der Waals surface area contributed by atoms with Gasteiger partial charge in [-0.2, -0.15) is 5.10 Å². The van der Waals surface area contributed by atoms with Gasteiger partial charge in [0.05, 0.1) is 12.3 Å². The summed E-state index contributed by atoms with van der Waals surface area (Å²) in [5, 5.41) is 14.9. The van der Waals surface area contributed by atoms with E-state index in [4.69, 9.17) is 14.9 Å². The van der Waals surface area contributed by atoms with E-state index in [-0.39, 0.29) is 6.61 Å². The number of carboxylic acids is 1. The highest BCUT2D eigenvalue weighted by Gasteiger charge is 2.26. The van der Waals surface area contributed by atoms with Crippen LogP contribution in [0.15, 0.2) is 65.7 Å². The van der Waals surface area contributed by atoms with E-state index in [1.54, 1.807) is 11.8 Å². The maximum absolute atomic E-state index is 10.7. The van der Waals surface area contributed by atoms with Gasteiger partial charge in [0.1, 0.15) is 11.6 Å². The Kier molecular flexibility index (Phi) is 7.66. The topological polar surface area (TPSA) is 64.4 Å². The van der Waals surface area contributed by atoms with Crippen molar-refractivity contribution in [3.63, 3.8) is 0 Å². The number of nitrogens with zero attached hydrogens (tertiary/aromatic N) is 2. The van der Waals surface area contributed by atoms with Gasteiger partial charge in [0.15, 0.2) is 0 Å². The van der Waals surface area contributed by atoms with E-state index in [9.17, 15) is 4.79 Å². The van der Waals surface area contributed by atoms with Crippen molar-refractivity contribution in [3.8, 4) is 22.4 Å². The number of hydrogen-bond acceptors (Lipinski definition) is 4. The van der Waals surface area contributed by atoms with Crippen LogP contribution in [0.5, 0.6) is 0 Å². The lowest BCUT2D eigenvalue weighted by atomic mass is 9.82. The van der Waals surface area contributed by atoms with Crippen molar-refractivity contribution in [2.45, 2.75) is 37.3 Å². The Morgan fingerprint density at radius 2 is 1.59 bits per heavy atom. The molecule has 168 valence electrons. The highest BCUT2D eigenvalue weighted by atomic mass is 32.2. The molecule has 0 saturated heterocycles. The normalized spacial score (nSPS) is 18.5. The Morgan fingerprint density at radius 1 is 1.00 bits per heavy atom. The molecule has 1 fully saturated rings. The fourth-order valence-corrected chi connectivity index (χ4v) is 5.21. The number of carboxylic acid groups (broad SMARTS) is 1. The first kappa shape index (κ1) is 22.6. The van der Waals surface area contributed by atoms with E-state index >= 15 is 0 Å². The molecular formula is C26H30N2O3S. The molecule has 1 aromatic heterocycles. The van der Waals surface area contributed by atoms with Crippen molar-refractivity contribution >= 4 is 17.7 Å². The molecule has 3 aromatic rings. The maximum Gasteiger partial charge on any atom is 0.329 e. The number of aromatic nitrogens is 2. The number of aliphatic carboxylic acids is 1. The largest absolute Gasteiger partial charge is 0.480 e. The molecule has 0 amide bonds. The predicted octanol–water partition coefficient (Wildman–Crippen LogP) is 5.85. The van der Waals surface area contributed by atoms with Gasteiger partial charge >= 0.3 is 5.97 Å². The van der Waals surface area contributed by atoms with Crippen LogP contribution in [0.4, 0.5) is 0 Å². The first-order valence-electron chi connectivity index (χ1n) is 11.2. The predicted molar refractivity (Wildman–Crippen MR) is 129 cm³/mol. The molecule has 1 heterocycles. The molecule has 0 aliphatic heterocycles. The Bertz CT molecular complexity index is 1010. The van der Waals surface area contributed by atoms with Crippen molar-refractivity contribution in [1.29, 1.82) is 0 Å². The molecule has 0 radical (unpaired) electrons. The van der Waals surface area contributed by atoms with Crippen molar-refractivity contribution < 1.29 is 14.6 Å². The summed E-state index contributed by atoms with van der Waals surface area (Å²) in [5.41, 5.74) is 4.78. The van der Waals surface area contributed by atoms with Crippen LogP contribution in [0, 0.1) is 11.8 Å². The molecule has 32 heavy (non-hydrogen) atoms. The molecule has 0 bridgehead atoms. The molecule has 1 N–H and O–H groups in total. The quantitative estimate of drug-likeness (QED) is 0.415. The van der Waals surface area contributed by atoms with E-state index in [0.29, 0.717) is 18.4 Å². The molecular weight excluding hydrogens is 420 g/mol. The van der Waals surface area contributed by atoms with E-state index < -0.39 is 5.97 Å². The average Bonchev–Trinajstić information content (AvgIpc) is 3.19. The number of ether oxygens (including phenoxy) is 1. The molecule has 1 aliphatic carbocycles. The van der Waals surface area contributed by atoms with Crippen molar-refractivity contribution in [2.24, 2.45) is 11.8 Å². The second kappa shape index (κ2) is 10.8. The standard InChI is InChI=1S/C26H30N2O3S/c1-32-26-24(21-8-4-2-5-9-21)25(22-10-6-3-7-11-22)28(27-26)16-19-12-14-20(15-13-19)17-31-18-23(29)30/h2-11,19-20H,12-18H2,1H3,(H,29,30). The van der Waals surface area contributed by atoms with E-state index in [0.717, 1.165) is 37.3 Å². The van der Waals surface area contributed by atoms with Crippen LogP contribution in [0.2, 0.25) is 0 Å². The second-order valence-corrected chi connectivity index (χ2v) is 9.24. The summed E-state index contributed by atoms with van der Waals surface area (Å²) in [4.78, 5) is 10.7. The van der Waals surface area contributed by atoms with Gasteiger partial charge in [-0.05, 0) is 49.3 Å². The number of rotatable bonds is 9. The van der Waals surface area contributed by atoms with Crippen LogP contribution < -0.4 is 0 Å². The fraction of sp³-hybridized carbons (Fsp3) is 0.385. The molecule has 0 unspecified atom stereocenters. The molecule has 1 saturated carbocycles. The Morgan fingerprint density at radius 3 is 2.19 bits per heavy atom. The van der Waals surface area contributed by atoms with Crippen LogP contribution in [0.25, 0.3) is 22.4 Å². The maximum atomic E-state index is 10.7. The Labute approximate surface area is 193 Å². The van der Waals surface area contributed by atoms with Crippen molar-refractivity contribution in [3.05, 3.63) is 60.7 Å². The molecule has 5 nitrogen and oxygen atoms in total. The summed E-state index contributed by atoms with van der Waals surface area (Å²) in [6.45, 7) is 1.24. The second-order valence-electron chi connectivity index (χ2n) is 8.44. The van der Waals surface area contributed by atoms with Gasteiger partial charge in [-0.1, -0.05) is 60.7 Å². The lowest BCUT2D eigenvalue weighted by Crippen LogP contribution is -2.23. The number of benzene rings is 2. The summed E-state index contributed by atoms with van der Waals surface area (Å²) >= 11 is 1.70. The summed E-state index contributed by atoms with van der Waals surface area (Å²) in [7, 11) is 0. The molecule has 4 rings (SSSR count). The first-order valence-corrected chi connectivity index (χ1v) is 12.4. The van der Waals surface area contributed by atoms with Gasteiger partial charge in [-0.3, -0.25) is 4.68 Å². The smallest absolute Gasteiger partial charge is 0.329 e. The third kappa shape index (κ3) is 5.43. The summed E-state index contributed by atoms with van der Waals surface area (Å²) in [6.07, 6.45) is 6.48. The van der Waals surface area contributed by atoms with Crippen LogP contribution in [-0.4, -0.2) is 40.3 Å². The zero-order valence-corrected chi connectivity index (χ0v) is 19.3. The van der Waals surface area contributed by atoms with Gasteiger partial charge in [-0.15, -0.1) is 11.8 Å². The van der Waals surface area contributed by atoms with Gasteiger partial charge in [0.25, 0.3) is 0 Å². The minimum Gasteiger partial charge on any atom is -0.480 e. The molecule has 0 atom stereocenters. The number of hydrogen-bond donors (Lipinski definition) is 1. The zero-order valence-electron chi connectivity index (χ0n) is 18.4. The molecule has 0 spiro atoms. The van der Waals surface area contributed by atoms with Crippen LogP contribution in [-0.2, 0) is 16.1 Å². The van der Waals surface area contributed by atoms with Crippen molar-refractivity contribution in [2.75, 3.05) is 19.5 Å². The lowest BCUT2D eigenvalue weighted by Gasteiger charge is -2.28. The van der Waals surface area contributed by atoms with Crippen LogP contribution in [0.3, 0.4) is 0 Å². The van der Waals surface area contributed by atoms with E-state index in [2.05, 4.69) is 65.5 Å². The fourth-order valence-electron chi connectivity index (χ4n) is 4.61. The SMILES string of the molecule is CSc1nn(CC2CCC(COCC(=O)O)CC2)c(-c2ccccc2)c1-c1ccccc1. The Hall–Kier alpha value is -2.57. The third-order valence-corrected chi connectivity index (χ3v) is 6.87. The van der Waals surface area contributed by atoms with E-state index in [1.165, 1.54) is 22.4 Å². The van der Waals surface area contributed by atoms with Gasteiger partial charge < -0.3 is 9.84 Å². The monoisotopic (exact) mass is 450 g/mol. The Balaban J connectivity index is 1.56. The minimum absolute atomic E-state index is 0.201. The highest BCUT2D eigenvalue weighted by Crippen LogP contribution is 2.40. The van der Waals surface area contributed by atoms with Gasteiger partial charge in [-0.25, -0.2) is 4.79 Å². The summed E-state index contributed by atoms with van der Waals surface area (Å²) < 4.78 is 7.55. The zero-order chi connectivity index (χ0) is 22.3.